The molecule has 10 heteroatoms. The molecular weight excluding hydrogens is 328 g/mol. The molecule has 1 N–H and O–H groups in total. The van der Waals surface area contributed by atoms with Gasteiger partial charge in [0, 0.05) is 18.4 Å². The van der Waals surface area contributed by atoms with Gasteiger partial charge in [-0.1, -0.05) is 0 Å². The van der Waals surface area contributed by atoms with Crippen LogP contribution in [0.15, 0.2) is 23.3 Å². The molecule has 124 valence electrons. The van der Waals surface area contributed by atoms with Crippen molar-refractivity contribution < 1.29 is 14.6 Å². The van der Waals surface area contributed by atoms with Gasteiger partial charge >= 0.3 is 5.69 Å². The number of hydrogen-bond acceptors (Lipinski definition) is 7. The van der Waals surface area contributed by atoms with Crippen LogP contribution in [0.3, 0.4) is 0 Å². The zero-order chi connectivity index (χ0) is 16.8. The van der Waals surface area contributed by atoms with Crippen molar-refractivity contribution >= 4 is 34.4 Å². The monoisotopic (exact) mass is 342 g/mol. The molecule has 0 radical (unpaired) electrons. The average molecular weight is 343 g/mol. The van der Waals surface area contributed by atoms with E-state index in [0.29, 0.717) is 18.9 Å². The Labute approximate surface area is 136 Å². The Morgan fingerprint density at radius 1 is 1.35 bits per heavy atom. The van der Waals surface area contributed by atoms with Gasteiger partial charge in [0.25, 0.3) is 5.69 Å². The number of hydrogen-bond donors (Lipinski definition) is 1. The summed E-state index contributed by atoms with van der Waals surface area (Å²) in [5, 5.41) is 25.8. The topological polar surface area (TPSA) is 120 Å². The van der Waals surface area contributed by atoms with Crippen LogP contribution in [0, 0.1) is 20.2 Å². The summed E-state index contributed by atoms with van der Waals surface area (Å²) in [4.78, 5) is 20.3. The van der Waals surface area contributed by atoms with Gasteiger partial charge in [0.1, 0.15) is 5.69 Å². The Balaban J connectivity index is 2.07. The van der Waals surface area contributed by atoms with Gasteiger partial charge in [-0.2, -0.15) is 5.10 Å². The second kappa shape index (κ2) is 7.84. The highest BCUT2D eigenvalue weighted by Crippen LogP contribution is 2.29. The van der Waals surface area contributed by atoms with Gasteiger partial charge in [0.15, 0.2) is 0 Å². The van der Waals surface area contributed by atoms with Crippen LogP contribution in [-0.4, -0.2) is 34.1 Å². The first-order chi connectivity index (χ1) is 11.0. The quantitative estimate of drug-likeness (QED) is 0.462. The lowest BCUT2D eigenvalue weighted by atomic mass is 10.1. The van der Waals surface area contributed by atoms with E-state index in [2.05, 4.69) is 10.5 Å². The zero-order valence-corrected chi connectivity index (χ0v) is 12.9. The highest BCUT2D eigenvalue weighted by molar-refractivity contribution is 6.17. The summed E-state index contributed by atoms with van der Waals surface area (Å²) >= 11 is 5.63. The van der Waals surface area contributed by atoms with Crippen molar-refractivity contribution in [1.82, 2.24) is 0 Å². The normalized spacial score (nSPS) is 19.0. The van der Waals surface area contributed by atoms with Crippen molar-refractivity contribution in [2.45, 2.75) is 25.4 Å². The fraction of sp³-hybridized carbons (Fsp3) is 0.462. The molecule has 0 bridgehead atoms. The lowest BCUT2D eigenvalue weighted by molar-refractivity contribution is -0.393. The number of non-ortho nitro benzene ring substituents is 1. The first kappa shape index (κ1) is 17.1. The number of nitrogens with zero attached hydrogens (tertiary/aromatic N) is 3. The van der Waals surface area contributed by atoms with Gasteiger partial charge in [-0.05, 0) is 18.9 Å². The maximum atomic E-state index is 11.0. The van der Waals surface area contributed by atoms with E-state index >= 15 is 0 Å². The summed E-state index contributed by atoms with van der Waals surface area (Å²) in [6.45, 7) is 0.348. The minimum Gasteiger partial charge on any atom is -0.372 e. The smallest absolute Gasteiger partial charge is 0.301 e. The fourth-order valence-corrected chi connectivity index (χ4v) is 2.34. The van der Waals surface area contributed by atoms with Crippen molar-refractivity contribution in [2.75, 3.05) is 17.9 Å². The summed E-state index contributed by atoms with van der Waals surface area (Å²) in [7, 11) is 0. The van der Waals surface area contributed by atoms with Gasteiger partial charge in [0.2, 0.25) is 0 Å². The summed E-state index contributed by atoms with van der Waals surface area (Å²) < 4.78 is 5.53. The Morgan fingerprint density at radius 3 is 2.78 bits per heavy atom. The maximum Gasteiger partial charge on any atom is 0.301 e. The first-order valence-electron chi connectivity index (χ1n) is 6.93. The molecule has 1 fully saturated rings. The first-order valence-corrected chi connectivity index (χ1v) is 7.46. The minimum absolute atomic E-state index is 0.0566. The van der Waals surface area contributed by atoms with Crippen LogP contribution in [0.2, 0.25) is 0 Å². The number of nitro groups is 2. The van der Waals surface area contributed by atoms with Crippen LogP contribution in [0.1, 0.15) is 19.3 Å². The standard InChI is InChI=1S/C13H15ClN4O5/c14-5-1-2-11-6-9(8-23-11)15-16-12-4-3-10(17(19)20)7-13(12)18(21)22/h3-4,7,11,16H,1-2,5-6,8H2/b15-9+/t11-/m0/s1. The van der Waals surface area contributed by atoms with Gasteiger partial charge in [-0.3, -0.25) is 25.7 Å². The maximum absolute atomic E-state index is 11.0. The number of hydrazone groups is 1. The summed E-state index contributed by atoms with van der Waals surface area (Å²) in [5.74, 6) is 0.569. The highest BCUT2D eigenvalue weighted by Gasteiger charge is 2.22. The second-order valence-corrected chi connectivity index (χ2v) is 5.35. The molecule has 9 nitrogen and oxygen atoms in total. The molecule has 0 spiro atoms. The number of alkyl halides is 1. The SMILES string of the molecule is O=[N+]([O-])c1ccc(N/N=C2/CO[C@@H](CCCCl)C2)c([N+](=O)[O-])c1. The van der Waals surface area contributed by atoms with Gasteiger partial charge in [0.05, 0.1) is 34.3 Å². The van der Waals surface area contributed by atoms with E-state index in [1.54, 1.807) is 0 Å². The number of ether oxygens (including phenoxy) is 1. The molecule has 1 aromatic carbocycles. The molecule has 23 heavy (non-hydrogen) atoms. The van der Waals surface area contributed by atoms with E-state index in [4.69, 9.17) is 16.3 Å². The van der Waals surface area contributed by atoms with Crippen molar-refractivity contribution in [2.24, 2.45) is 5.10 Å². The molecule has 0 amide bonds. The number of anilines is 1. The number of nitro benzene ring substituents is 2. The molecule has 0 aromatic heterocycles. The van der Waals surface area contributed by atoms with Crippen LogP contribution in [0.4, 0.5) is 17.1 Å². The van der Waals surface area contributed by atoms with Crippen LogP contribution in [-0.2, 0) is 4.74 Å². The third kappa shape index (κ3) is 4.60. The molecule has 0 aliphatic carbocycles. The number of halogens is 1. The van der Waals surface area contributed by atoms with E-state index in [9.17, 15) is 20.2 Å². The third-order valence-electron chi connectivity index (χ3n) is 3.33. The van der Waals surface area contributed by atoms with Crippen molar-refractivity contribution in [3.05, 3.63) is 38.4 Å². The largest absolute Gasteiger partial charge is 0.372 e. The van der Waals surface area contributed by atoms with Crippen molar-refractivity contribution in [3.63, 3.8) is 0 Å². The Bertz CT molecular complexity index is 637. The van der Waals surface area contributed by atoms with Crippen LogP contribution < -0.4 is 5.43 Å². The van der Waals surface area contributed by atoms with Gasteiger partial charge in [-0.15, -0.1) is 11.6 Å². The van der Waals surface area contributed by atoms with Crippen LogP contribution >= 0.6 is 11.6 Å². The zero-order valence-electron chi connectivity index (χ0n) is 12.1. The molecule has 0 saturated carbocycles. The molecule has 1 aliphatic rings. The third-order valence-corrected chi connectivity index (χ3v) is 3.60. The molecule has 1 aliphatic heterocycles. The molecule has 1 heterocycles. The summed E-state index contributed by atoms with van der Waals surface area (Å²) in [6, 6.07) is 3.35. The van der Waals surface area contributed by atoms with Gasteiger partial charge in [-0.25, -0.2) is 0 Å². The van der Waals surface area contributed by atoms with Crippen molar-refractivity contribution in [3.8, 4) is 0 Å². The second-order valence-electron chi connectivity index (χ2n) is 4.97. The van der Waals surface area contributed by atoms with E-state index < -0.39 is 15.5 Å². The molecule has 0 unspecified atom stereocenters. The molecule has 1 saturated heterocycles. The summed E-state index contributed by atoms with van der Waals surface area (Å²) in [6.07, 6.45) is 2.37. The fourth-order valence-electron chi connectivity index (χ4n) is 2.18. The number of nitrogens with one attached hydrogen (secondary N) is 1. The van der Waals surface area contributed by atoms with Crippen molar-refractivity contribution in [1.29, 1.82) is 0 Å². The number of benzene rings is 1. The predicted octanol–water partition coefficient (Wildman–Crippen LogP) is 3.08. The molecule has 1 aromatic rings. The predicted molar refractivity (Wildman–Crippen MR) is 85.1 cm³/mol. The molecule has 2 rings (SSSR count). The van der Waals surface area contributed by atoms with E-state index in [0.717, 1.165) is 24.6 Å². The highest BCUT2D eigenvalue weighted by atomic mass is 35.5. The van der Waals surface area contributed by atoms with Crippen LogP contribution in [0.5, 0.6) is 0 Å². The molecule has 1 atom stereocenters. The Hall–Kier alpha value is -2.26. The van der Waals surface area contributed by atoms with Crippen LogP contribution in [0.25, 0.3) is 0 Å². The lowest BCUT2D eigenvalue weighted by Crippen LogP contribution is -2.05. The van der Waals surface area contributed by atoms with E-state index in [1.165, 1.54) is 12.1 Å². The Kier molecular flexibility index (Phi) is 5.83. The Morgan fingerprint density at radius 2 is 2.13 bits per heavy atom. The molecular formula is C13H15ClN4O5. The average Bonchev–Trinajstić information content (AvgIpc) is 2.98. The van der Waals surface area contributed by atoms with E-state index in [-0.39, 0.29) is 17.5 Å². The lowest BCUT2D eigenvalue weighted by Gasteiger charge is -2.05. The summed E-state index contributed by atoms with van der Waals surface area (Å²) in [5.41, 5.74) is 2.68. The van der Waals surface area contributed by atoms with Gasteiger partial charge < -0.3 is 4.74 Å². The van der Waals surface area contributed by atoms with E-state index in [1.807, 2.05) is 0 Å². The minimum atomic E-state index is -0.691. The number of rotatable bonds is 7.